The molecule has 0 radical (unpaired) electrons. The van der Waals surface area contributed by atoms with Gasteiger partial charge < -0.3 is 10.1 Å². The molecule has 0 aliphatic rings. The molecule has 23 heavy (non-hydrogen) atoms. The molecule has 0 spiro atoms. The van der Waals surface area contributed by atoms with Crippen molar-refractivity contribution >= 4 is 5.91 Å². The van der Waals surface area contributed by atoms with Gasteiger partial charge in [-0.1, -0.05) is 30.3 Å². The second-order valence-electron chi connectivity index (χ2n) is 5.98. The van der Waals surface area contributed by atoms with Crippen LogP contribution >= 0.6 is 0 Å². The molecular weight excluding hydrogens is 286 g/mol. The summed E-state index contributed by atoms with van der Waals surface area (Å²) in [4.78, 5) is 12.1. The van der Waals surface area contributed by atoms with Gasteiger partial charge >= 0.3 is 0 Å². The topological polar surface area (TPSA) is 38.3 Å². The van der Waals surface area contributed by atoms with Gasteiger partial charge in [-0.2, -0.15) is 0 Å². The average molecular weight is 311 g/mol. The Hall–Kier alpha value is -2.29. The minimum Gasteiger partial charge on any atom is -0.497 e. The van der Waals surface area contributed by atoms with E-state index in [0.29, 0.717) is 6.42 Å². The molecule has 3 nitrogen and oxygen atoms in total. The second kappa shape index (κ2) is 7.82. The molecule has 122 valence electrons. The van der Waals surface area contributed by atoms with E-state index in [-0.39, 0.29) is 11.9 Å². The van der Waals surface area contributed by atoms with E-state index in [0.717, 1.165) is 17.7 Å². The summed E-state index contributed by atoms with van der Waals surface area (Å²) in [6.45, 7) is 6.20. The van der Waals surface area contributed by atoms with E-state index in [1.807, 2.05) is 31.2 Å². The van der Waals surface area contributed by atoms with Gasteiger partial charge in [-0.3, -0.25) is 4.79 Å². The third-order valence-corrected chi connectivity index (χ3v) is 4.21. The first-order valence-electron chi connectivity index (χ1n) is 7.99. The smallest absolute Gasteiger partial charge is 0.220 e. The molecule has 0 aromatic heterocycles. The number of hydrogen-bond donors (Lipinski definition) is 1. The first kappa shape index (κ1) is 17.1. The molecule has 2 rings (SSSR count). The number of aryl methyl sites for hydroxylation is 3. The SMILES string of the molecule is COc1ccc(C(C)NC(=O)CCc2ccc(C)c(C)c2)cc1. The number of ether oxygens (including phenoxy) is 1. The van der Waals surface area contributed by atoms with Crippen molar-refractivity contribution in [2.75, 3.05) is 7.11 Å². The molecule has 1 amide bonds. The Morgan fingerprint density at radius 1 is 1.09 bits per heavy atom. The molecule has 1 N–H and O–H groups in total. The van der Waals surface area contributed by atoms with E-state index >= 15 is 0 Å². The lowest BCUT2D eigenvalue weighted by Gasteiger charge is -2.15. The van der Waals surface area contributed by atoms with Crippen molar-refractivity contribution in [1.82, 2.24) is 5.32 Å². The number of nitrogens with one attached hydrogen (secondary N) is 1. The molecular formula is C20H25NO2. The zero-order valence-electron chi connectivity index (χ0n) is 14.3. The van der Waals surface area contributed by atoms with Crippen molar-refractivity contribution in [3.63, 3.8) is 0 Å². The summed E-state index contributed by atoms with van der Waals surface area (Å²) in [5.74, 6) is 0.897. The molecule has 0 aliphatic heterocycles. The quantitative estimate of drug-likeness (QED) is 0.871. The zero-order chi connectivity index (χ0) is 16.8. The van der Waals surface area contributed by atoms with Gasteiger partial charge in [0.25, 0.3) is 0 Å². The van der Waals surface area contributed by atoms with Gasteiger partial charge in [0.1, 0.15) is 5.75 Å². The van der Waals surface area contributed by atoms with Gasteiger partial charge in [-0.05, 0) is 61.6 Å². The van der Waals surface area contributed by atoms with Crippen LogP contribution in [0.3, 0.4) is 0 Å². The van der Waals surface area contributed by atoms with E-state index in [9.17, 15) is 4.79 Å². The van der Waals surface area contributed by atoms with Gasteiger partial charge in [0.15, 0.2) is 0 Å². The maximum atomic E-state index is 12.1. The standard InChI is InChI=1S/C20H25NO2/c1-14-5-6-17(13-15(14)2)7-12-20(22)21-16(3)18-8-10-19(23-4)11-9-18/h5-6,8-11,13,16H,7,12H2,1-4H3,(H,21,22). The lowest BCUT2D eigenvalue weighted by Crippen LogP contribution is -2.26. The van der Waals surface area contributed by atoms with Crippen molar-refractivity contribution in [2.45, 2.75) is 39.7 Å². The van der Waals surface area contributed by atoms with Gasteiger partial charge in [0.2, 0.25) is 5.91 Å². The van der Waals surface area contributed by atoms with Crippen LogP contribution in [0.5, 0.6) is 5.75 Å². The first-order chi connectivity index (χ1) is 11.0. The number of hydrogen-bond acceptors (Lipinski definition) is 2. The van der Waals surface area contributed by atoms with E-state index in [2.05, 4.69) is 37.4 Å². The number of carbonyl (C=O) groups excluding carboxylic acids is 1. The minimum atomic E-state index is -0.00633. The monoisotopic (exact) mass is 311 g/mol. The van der Waals surface area contributed by atoms with Crippen LogP contribution in [0.15, 0.2) is 42.5 Å². The highest BCUT2D eigenvalue weighted by molar-refractivity contribution is 5.76. The number of amides is 1. The van der Waals surface area contributed by atoms with Crippen LogP contribution < -0.4 is 10.1 Å². The third kappa shape index (κ3) is 4.85. The van der Waals surface area contributed by atoms with Gasteiger partial charge in [-0.25, -0.2) is 0 Å². The Bertz CT molecular complexity index is 662. The second-order valence-corrected chi connectivity index (χ2v) is 5.98. The van der Waals surface area contributed by atoms with Crippen LogP contribution in [0, 0.1) is 13.8 Å². The summed E-state index contributed by atoms with van der Waals surface area (Å²) in [5, 5.41) is 3.05. The summed E-state index contributed by atoms with van der Waals surface area (Å²) in [6, 6.07) is 14.1. The first-order valence-corrected chi connectivity index (χ1v) is 7.99. The van der Waals surface area contributed by atoms with Gasteiger partial charge in [0.05, 0.1) is 13.2 Å². The molecule has 0 saturated heterocycles. The average Bonchev–Trinajstić information content (AvgIpc) is 2.56. The fourth-order valence-electron chi connectivity index (χ4n) is 2.51. The van der Waals surface area contributed by atoms with E-state index < -0.39 is 0 Å². The normalized spacial score (nSPS) is 11.8. The number of methoxy groups -OCH3 is 1. The van der Waals surface area contributed by atoms with Crippen LogP contribution in [-0.2, 0) is 11.2 Å². The molecule has 0 saturated carbocycles. The maximum absolute atomic E-state index is 12.1. The summed E-state index contributed by atoms with van der Waals surface area (Å²) in [6.07, 6.45) is 1.27. The molecule has 1 atom stereocenters. The molecule has 0 heterocycles. The molecule has 2 aromatic rings. The highest BCUT2D eigenvalue weighted by Gasteiger charge is 2.10. The van der Waals surface area contributed by atoms with Crippen LogP contribution in [0.2, 0.25) is 0 Å². The van der Waals surface area contributed by atoms with Crippen molar-refractivity contribution in [2.24, 2.45) is 0 Å². The molecule has 0 aliphatic carbocycles. The fourth-order valence-corrected chi connectivity index (χ4v) is 2.51. The predicted molar refractivity (Wildman–Crippen MR) is 93.8 cm³/mol. The Morgan fingerprint density at radius 2 is 1.78 bits per heavy atom. The summed E-state index contributed by atoms with van der Waals surface area (Å²) >= 11 is 0. The Labute approximate surface area is 138 Å². The highest BCUT2D eigenvalue weighted by Crippen LogP contribution is 2.17. The third-order valence-electron chi connectivity index (χ3n) is 4.21. The minimum absolute atomic E-state index is 0.00633. The zero-order valence-corrected chi connectivity index (χ0v) is 14.3. The van der Waals surface area contributed by atoms with E-state index in [4.69, 9.17) is 4.74 Å². The van der Waals surface area contributed by atoms with Crippen molar-refractivity contribution in [3.8, 4) is 5.75 Å². The Balaban J connectivity index is 1.86. The lowest BCUT2D eigenvalue weighted by molar-refractivity contribution is -0.121. The Morgan fingerprint density at radius 3 is 2.39 bits per heavy atom. The van der Waals surface area contributed by atoms with E-state index in [1.165, 1.54) is 16.7 Å². The van der Waals surface area contributed by atoms with Crippen molar-refractivity contribution in [1.29, 1.82) is 0 Å². The van der Waals surface area contributed by atoms with Gasteiger partial charge in [0, 0.05) is 6.42 Å². The number of rotatable bonds is 6. The molecule has 0 fully saturated rings. The van der Waals surface area contributed by atoms with Crippen LogP contribution in [-0.4, -0.2) is 13.0 Å². The maximum Gasteiger partial charge on any atom is 0.220 e. The summed E-state index contributed by atoms with van der Waals surface area (Å²) in [7, 11) is 1.65. The Kier molecular flexibility index (Phi) is 5.80. The molecule has 3 heteroatoms. The van der Waals surface area contributed by atoms with Gasteiger partial charge in [-0.15, -0.1) is 0 Å². The van der Waals surface area contributed by atoms with Crippen LogP contribution in [0.1, 0.15) is 41.6 Å². The number of carbonyl (C=O) groups is 1. The van der Waals surface area contributed by atoms with Crippen LogP contribution in [0.25, 0.3) is 0 Å². The fraction of sp³-hybridized carbons (Fsp3) is 0.350. The predicted octanol–water partition coefficient (Wildman–Crippen LogP) is 4.12. The van der Waals surface area contributed by atoms with Crippen molar-refractivity contribution in [3.05, 3.63) is 64.7 Å². The van der Waals surface area contributed by atoms with Crippen molar-refractivity contribution < 1.29 is 9.53 Å². The highest BCUT2D eigenvalue weighted by atomic mass is 16.5. The molecule has 1 unspecified atom stereocenters. The molecule has 0 bridgehead atoms. The van der Waals surface area contributed by atoms with Crippen LogP contribution in [0.4, 0.5) is 0 Å². The largest absolute Gasteiger partial charge is 0.497 e. The lowest BCUT2D eigenvalue weighted by atomic mass is 10.0. The van der Waals surface area contributed by atoms with E-state index in [1.54, 1.807) is 7.11 Å². The summed E-state index contributed by atoms with van der Waals surface area (Å²) in [5.41, 5.74) is 4.84. The molecule has 2 aromatic carbocycles. The number of benzene rings is 2. The summed E-state index contributed by atoms with van der Waals surface area (Å²) < 4.78 is 5.15.